The van der Waals surface area contributed by atoms with Gasteiger partial charge in [-0.1, -0.05) is 23.9 Å². The Morgan fingerprint density at radius 2 is 2.09 bits per heavy atom. The maximum absolute atomic E-state index is 12.9. The molecule has 3 N–H and O–H groups in total. The Hall–Kier alpha value is -2.02. The number of fused-ring (bicyclic) bond motifs is 3. The minimum Gasteiger partial charge on any atom is -0.369 e. The van der Waals surface area contributed by atoms with Crippen LogP contribution in [-0.4, -0.2) is 29.1 Å². The lowest BCUT2D eigenvalue weighted by Crippen LogP contribution is -2.54. The number of amides is 3. The molecule has 1 fully saturated rings. The first-order valence-corrected chi connectivity index (χ1v) is 8.29. The van der Waals surface area contributed by atoms with Gasteiger partial charge in [0.25, 0.3) is 5.91 Å². The lowest BCUT2D eigenvalue weighted by atomic mass is 9.92. The maximum Gasteiger partial charge on any atom is 0.257 e. The van der Waals surface area contributed by atoms with E-state index in [1.807, 2.05) is 24.3 Å². The number of nitrogens with two attached hydrogens (primary N) is 1. The van der Waals surface area contributed by atoms with E-state index in [0.717, 1.165) is 10.6 Å². The van der Waals surface area contributed by atoms with Crippen LogP contribution >= 0.6 is 11.8 Å². The number of nitrogens with zero attached hydrogens (tertiary/aromatic N) is 1. The first kappa shape index (κ1) is 15.9. The minimum absolute atomic E-state index is 0.0493. The van der Waals surface area contributed by atoms with Gasteiger partial charge >= 0.3 is 0 Å². The molecule has 3 rings (SSSR count). The van der Waals surface area contributed by atoms with Crippen LogP contribution in [-0.2, 0) is 14.4 Å². The third kappa shape index (κ3) is 2.39. The van der Waals surface area contributed by atoms with Gasteiger partial charge in [0, 0.05) is 17.9 Å². The molecule has 2 aliphatic heterocycles. The molecule has 1 saturated heterocycles. The summed E-state index contributed by atoms with van der Waals surface area (Å²) >= 11 is 1.40. The molecule has 0 unspecified atom stereocenters. The van der Waals surface area contributed by atoms with E-state index >= 15 is 0 Å². The average molecular weight is 333 g/mol. The van der Waals surface area contributed by atoms with E-state index in [1.54, 1.807) is 18.7 Å². The van der Waals surface area contributed by atoms with E-state index in [0.29, 0.717) is 12.8 Å². The summed E-state index contributed by atoms with van der Waals surface area (Å²) in [6.07, 6.45) is 0.794. The third-order valence-corrected chi connectivity index (χ3v) is 5.86. The maximum atomic E-state index is 12.9. The second kappa shape index (κ2) is 5.26. The Morgan fingerprint density at radius 1 is 1.39 bits per heavy atom. The molecule has 7 heteroatoms. The Balaban J connectivity index is 1.86. The van der Waals surface area contributed by atoms with Crippen molar-refractivity contribution in [3.05, 3.63) is 24.3 Å². The summed E-state index contributed by atoms with van der Waals surface area (Å²) in [6, 6.07) is 7.51. The monoisotopic (exact) mass is 333 g/mol. The minimum atomic E-state index is -0.950. The zero-order valence-corrected chi connectivity index (χ0v) is 13.9. The average Bonchev–Trinajstić information content (AvgIpc) is 3.01. The molecule has 122 valence electrons. The molecule has 2 aliphatic rings. The van der Waals surface area contributed by atoms with Crippen molar-refractivity contribution in [2.75, 3.05) is 11.4 Å². The van der Waals surface area contributed by atoms with Crippen LogP contribution < -0.4 is 16.0 Å². The number of hydrogen-bond donors (Lipinski definition) is 2. The van der Waals surface area contributed by atoms with Crippen molar-refractivity contribution in [2.24, 2.45) is 11.1 Å². The van der Waals surface area contributed by atoms with Gasteiger partial charge < -0.3 is 11.1 Å². The lowest BCUT2D eigenvalue weighted by Gasteiger charge is -2.31. The largest absolute Gasteiger partial charge is 0.369 e. The number of nitrogens with one attached hydrogen (secondary N) is 1. The molecular weight excluding hydrogens is 314 g/mol. The first-order valence-electron chi connectivity index (χ1n) is 7.47. The van der Waals surface area contributed by atoms with Crippen LogP contribution in [0.15, 0.2) is 29.2 Å². The van der Waals surface area contributed by atoms with Crippen LogP contribution in [0.5, 0.6) is 0 Å². The van der Waals surface area contributed by atoms with Gasteiger partial charge in [-0.25, -0.2) is 0 Å². The zero-order chi connectivity index (χ0) is 16.8. The summed E-state index contributed by atoms with van der Waals surface area (Å²) in [5.74, 6) is -0.775. The molecule has 0 aliphatic carbocycles. The van der Waals surface area contributed by atoms with E-state index < -0.39 is 16.2 Å². The summed E-state index contributed by atoms with van der Waals surface area (Å²) in [5.41, 5.74) is 5.29. The summed E-state index contributed by atoms with van der Waals surface area (Å²) in [4.78, 5) is 38.1. The molecule has 1 aromatic carbocycles. The van der Waals surface area contributed by atoms with Crippen LogP contribution in [0.3, 0.4) is 0 Å². The summed E-state index contributed by atoms with van der Waals surface area (Å²) < 4.78 is 0. The Labute approximate surface area is 138 Å². The van der Waals surface area contributed by atoms with E-state index in [9.17, 15) is 14.4 Å². The third-order valence-electron chi connectivity index (χ3n) is 4.39. The number of hydrogen-bond acceptors (Lipinski definition) is 4. The molecule has 3 amide bonds. The standard InChI is InChI=1S/C16H19N3O3S/c1-15(2,13(17)21)9-18-14(22)16-8-7-12(20)19(16)10-5-3-4-6-11(10)23-16/h3-6H,7-9H2,1-2H3,(H2,17,21)(H,18,22)/t16-/m0/s1. The molecule has 1 atom stereocenters. The number of rotatable bonds is 4. The number of primary amides is 1. The number of thioether (sulfide) groups is 1. The van der Waals surface area contributed by atoms with Crippen LogP contribution in [0, 0.1) is 5.41 Å². The smallest absolute Gasteiger partial charge is 0.257 e. The Bertz CT molecular complexity index is 704. The zero-order valence-electron chi connectivity index (χ0n) is 13.1. The summed E-state index contributed by atoms with van der Waals surface area (Å²) in [6.45, 7) is 3.50. The van der Waals surface area contributed by atoms with E-state index in [-0.39, 0.29) is 18.4 Å². The highest BCUT2D eigenvalue weighted by atomic mass is 32.2. The quantitative estimate of drug-likeness (QED) is 0.867. The van der Waals surface area contributed by atoms with Crippen molar-refractivity contribution in [2.45, 2.75) is 36.5 Å². The van der Waals surface area contributed by atoms with Gasteiger partial charge in [-0.05, 0) is 32.4 Å². The van der Waals surface area contributed by atoms with E-state index in [4.69, 9.17) is 5.73 Å². The molecule has 6 nitrogen and oxygen atoms in total. The Morgan fingerprint density at radius 3 is 2.78 bits per heavy atom. The second-order valence-corrected chi connectivity index (χ2v) is 7.83. The molecule has 0 radical (unpaired) electrons. The number of anilines is 1. The van der Waals surface area contributed by atoms with Gasteiger partial charge in [-0.15, -0.1) is 0 Å². The van der Waals surface area contributed by atoms with Crippen molar-refractivity contribution >= 4 is 35.2 Å². The fourth-order valence-corrected chi connectivity index (χ4v) is 4.26. The number of carbonyl (C=O) groups is 3. The molecule has 23 heavy (non-hydrogen) atoms. The first-order chi connectivity index (χ1) is 10.8. The highest BCUT2D eigenvalue weighted by Crippen LogP contribution is 2.55. The van der Waals surface area contributed by atoms with Crippen LogP contribution in [0.1, 0.15) is 26.7 Å². The fraction of sp³-hybridized carbons (Fsp3) is 0.438. The van der Waals surface area contributed by atoms with E-state index in [2.05, 4.69) is 5.32 Å². The number of carbonyl (C=O) groups excluding carboxylic acids is 3. The van der Waals surface area contributed by atoms with Gasteiger partial charge in [0.15, 0.2) is 4.87 Å². The molecule has 0 aromatic heterocycles. The second-order valence-electron chi connectivity index (χ2n) is 6.51. The van der Waals surface area contributed by atoms with Crippen LogP contribution in [0.2, 0.25) is 0 Å². The van der Waals surface area contributed by atoms with Gasteiger partial charge in [-0.2, -0.15) is 0 Å². The van der Waals surface area contributed by atoms with Crippen LogP contribution in [0.25, 0.3) is 0 Å². The van der Waals surface area contributed by atoms with Crippen molar-refractivity contribution < 1.29 is 14.4 Å². The van der Waals surface area contributed by atoms with Crippen molar-refractivity contribution in [1.82, 2.24) is 5.32 Å². The number of para-hydroxylation sites is 1. The van der Waals surface area contributed by atoms with Gasteiger partial charge in [0.1, 0.15) is 0 Å². The topological polar surface area (TPSA) is 92.5 Å². The van der Waals surface area contributed by atoms with Crippen molar-refractivity contribution in [3.63, 3.8) is 0 Å². The lowest BCUT2D eigenvalue weighted by molar-refractivity contribution is -0.128. The van der Waals surface area contributed by atoms with Crippen molar-refractivity contribution in [3.8, 4) is 0 Å². The normalized spacial score (nSPS) is 22.7. The highest BCUT2D eigenvalue weighted by molar-refractivity contribution is 8.02. The van der Waals surface area contributed by atoms with Gasteiger partial charge in [-0.3, -0.25) is 19.3 Å². The molecule has 0 spiro atoms. The predicted molar refractivity (Wildman–Crippen MR) is 87.7 cm³/mol. The van der Waals surface area contributed by atoms with Gasteiger partial charge in [0.2, 0.25) is 11.8 Å². The fourth-order valence-electron chi connectivity index (χ4n) is 2.83. The molecule has 0 bridgehead atoms. The molecule has 2 heterocycles. The SMILES string of the molecule is CC(C)(CNC(=O)[C@@]12CCC(=O)N1c1ccccc1S2)C(N)=O. The molecule has 1 aromatic rings. The number of benzene rings is 1. The Kier molecular flexibility index (Phi) is 3.63. The van der Waals surface area contributed by atoms with E-state index in [1.165, 1.54) is 11.8 Å². The molecule has 0 saturated carbocycles. The summed E-state index contributed by atoms with van der Waals surface area (Å²) in [7, 11) is 0. The van der Waals surface area contributed by atoms with Gasteiger partial charge in [0.05, 0.1) is 11.1 Å². The highest BCUT2D eigenvalue weighted by Gasteiger charge is 2.57. The molecular formula is C16H19N3O3S. The summed E-state index contributed by atoms with van der Waals surface area (Å²) in [5, 5.41) is 2.81. The van der Waals surface area contributed by atoms with Crippen LogP contribution in [0.4, 0.5) is 5.69 Å². The van der Waals surface area contributed by atoms with Crippen molar-refractivity contribution in [1.29, 1.82) is 0 Å². The predicted octanol–water partition coefficient (Wildman–Crippen LogP) is 1.24.